The van der Waals surface area contributed by atoms with Crippen LogP contribution in [0.3, 0.4) is 0 Å². The maximum absolute atomic E-state index is 13.8. The Bertz CT molecular complexity index is 4860. The molecule has 0 aliphatic rings. The number of hydrogen-bond donors (Lipinski definition) is 0. The van der Waals surface area contributed by atoms with Crippen molar-refractivity contribution in [3.05, 3.63) is 262 Å². The normalized spacial score (nSPS) is 11.4. The summed E-state index contributed by atoms with van der Waals surface area (Å²) in [4.78, 5) is 9.46. The van der Waals surface area contributed by atoms with Gasteiger partial charge < -0.3 is 70.3 Å². The van der Waals surface area contributed by atoms with Crippen molar-refractivity contribution in [3.8, 4) is 17.2 Å². The van der Waals surface area contributed by atoms with Crippen LogP contribution >= 0.6 is 35.3 Å². The zero-order valence-corrected chi connectivity index (χ0v) is 68.1. The first-order valence-electron chi connectivity index (χ1n) is 33.9. The van der Waals surface area contributed by atoms with Crippen molar-refractivity contribution in [2.75, 3.05) is 96.1 Å². The molecule has 0 saturated heterocycles. The molecule has 0 fully saturated rings. The summed E-state index contributed by atoms with van der Waals surface area (Å²) in [6.07, 6.45) is 7.07. The summed E-state index contributed by atoms with van der Waals surface area (Å²) in [5, 5.41) is 0. The van der Waals surface area contributed by atoms with Crippen LogP contribution in [0.5, 0.6) is 17.2 Å². The predicted octanol–water partition coefficient (Wildman–Crippen LogP) is 14.6. The van der Waals surface area contributed by atoms with Gasteiger partial charge in [-0.05, 0) is 131 Å². The van der Waals surface area contributed by atoms with Gasteiger partial charge in [0, 0.05) is 27.9 Å². The molecule has 0 aliphatic heterocycles. The molecule has 0 saturated carbocycles. The number of methoxy groups -OCH3 is 1. The number of carbonyl (C=O) groups excluding carboxylic acids is 1. The number of hydrogen-bond acceptors (Lipinski definition) is 27. The molecule has 618 valence electrons. The second-order valence-corrected chi connectivity index (χ2v) is 32.2. The summed E-state index contributed by atoms with van der Waals surface area (Å²) in [6.45, 7) is 21.8. The van der Waals surface area contributed by atoms with Crippen LogP contribution in [-0.4, -0.2) is 154 Å². The minimum Gasteiger partial charge on any atom is -0.744 e. The Morgan fingerprint density at radius 2 is 0.825 bits per heavy atom. The summed E-state index contributed by atoms with van der Waals surface area (Å²) >= 11 is 5.40. The largest absolute Gasteiger partial charge is 0.744 e. The van der Waals surface area contributed by atoms with E-state index in [0.717, 1.165) is 91.7 Å². The summed E-state index contributed by atoms with van der Waals surface area (Å²) in [5.74, 6) is -6.09. The van der Waals surface area contributed by atoms with Gasteiger partial charge in [0.2, 0.25) is 11.6 Å². The van der Waals surface area contributed by atoms with Crippen molar-refractivity contribution in [3.63, 3.8) is 0 Å². The number of esters is 1. The molecule has 114 heavy (non-hydrogen) atoms. The molecule has 8 aromatic rings. The highest BCUT2D eigenvalue weighted by molar-refractivity contribution is 8.04. The molecule has 0 spiro atoms. The van der Waals surface area contributed by atoms with Gasteiger partial charge in [-0.2, -0.15) is 20.5 Å². The van der Waals surface area contributed by atoms with E-state index in [0.29, 0.717) is 55.8 Å². The van der Waals surface area contributed by atoms with Crippen molar-refractivity contribution in [2.24, 2.45) is 0 Å². The van der Waals surface area contributed by atoms with Gasteiger partial charge in [0.15, 0.2) is 24.2 Å². The molecule has 8 aromatic carbocycles. The molecular weight excluding hydrogens is 1630 g/mol. The lowest BCUT2D eigenvalue weighted by atomic mass is 10.1. The SMILES string of the molecule is C=Cc1ccc(COCOCCOCCOc2c(F)c(F)c(S(=O)(=O)[O-])c(F)c2F)cc1.C=Cc1ccc(COCOCCOc2ccc(S(=O)(=O)[O-])cc2)cc1.C=Cc1ccc(COCOc2ccc(S(=O)(=O)[O-])c(C(=O)OC)c2)cc1.C=Cc1ccc(COCSCCSCCSc2cc(C)c(S(=O)(=O)[O-])c(C)c2C)cc1. The summed E-state index contributed by atoms with van der Waals surface area (Å²) in [7, 11) is -18.4. The molecule has 0 atom stereocenters. The van der Waals surface area contributed by atoms with Crippen LogP contribution < -0.4 is 14.2 Å². The van der Waals surface area contributed by atoms with E-state index in [1.54, 1.807) is 55.6 Å². The molecule has 0 radical (unpaired) electrons. The van der Waals surface area contributed by atoms with Crippen LogP contribution in [0.2, 0.25) is 0 Å². The van der Waals surface area contributed by atoms with E-state index in [1.165, 1.54) is 35.9 Å². The van der Waals surface area contributed by atoms with Crippen molar-refractivity contribution in [2.45, 2.75) is 71.7 Å². The van der Waals surface area contributed by atoms with Crippen LogP contribution in [0, 0.1) is 44.0 Å². The highest BCUT2D eigenvalue weighted by Crippen LogP contribution is 2.34. The van der Waals surface area contributed by atoms with Gasteiger partial charge >= 0.3 is 5.97 Å². The quantitative estimate of drug-likeness (QED) is 0.00651. The maximum atomic E-state index is 13.8. The van der Waals surface area contributed by atoms with Gasteiger partial charge in [-0.15, -0.1) is 23.5 Å². The van der Waals surface area contributed by atoms with Crippen LogP contribution in [0.15, 0.2) is 196 Å². The molecule has 35 heteroatoms. The Balaban J connectivity index is 0.000000273. The topological polar surface area (TPSA) is 347 Å². The number of rotatable bonds is 44. The maximum Gasteiger partial charge on any atom is 0.339 e. The first-order valence-corrected chi connectivity index (χ1v) is 42.9. The number of aryl methyl sites for hydroxylation is 1. The van der Waals surface area contributed by atoms with Gasteiger partial charge in [-0.25, -0.2) is 47.2 Å². The van der Waals surface area contributed by atoms with Crippen LogP contribution in [0.4, 0.5) is 17.6 Å². The third-order valence-electron chi connectivity index (χ3n) is 15.3. The first kappa shape index (κ1) is 96.3. The molecular formula is C79H84F4O24S7-4. The minimum absolute atomic E-state index is 0.00693. The third-order valence-corrected chi connectivity index (χ3v) is 22.5. The van der Waals surface area contributed by atoms with Crippen molar-refractivity contribution < 1.29 is 126 Å². The Morgan fingerprint density at radius 1 is 0.412 bits per heavy atom. The monoisotopic (exact) mass is 1720 g/mol. The highest BCUT2D eigenvalue weighted by atomic mass is 32.2. The molecule has 8 rings (SSSR count). The Hall–Kier alpha value is -8.28. The second kappa shape index (κ2) is 49.6. The van der Waals surface area contributed by atoms with Gasteiger partial charge in [-0.1, -0.05) is 148 Å². The molecule has 0 amide bonds. The molecule has 0 bridgehead atoms. The molecule has 24 nitrogen and oxygen atoms in total. The third kappa shape index (κ3) is 33.9. The summed E-state index contributed by atoms with van der Waals surface area (Å²) < 4.78 is 245. The first-order chi connectivity index (χ1) is 54.2. The van der Waals surface area contributed by atoms with E-state index < -0.39 is 91.9 Å². The Morgan fingerprint density at radius 3 is 1.27 bits per heavy atom. The van der Waals surface area contributed by atoms with Crippen LogP contribution in [0.1, 0.15) is 71.6 Å². The Kier molecular flexibility index (Phi) is 41.9. The number of ether oxygens (including phenoxy) is 11. The van der Waals surface area contributed by atoms with Crippen molar-refractivity contribution >= 4 is 106 Å². The highest BCUT2D eigenvalue weighted by Gasteiger charge is 2.30. The fourth-order valence-corrected chi connectivity index (χ4v) is 15.3. The van der Waals surface area contributed by atoms with E-state index in [9.17, 15) is 74.2 Å². The van der Waals surface area contributed by atoms with Crippen LogP contribution in [-0.2, 0) is 105 Å². The van der Waals surface area contributed by atoms with Gasteiger partial charge in [0.05, 0.1) is 86.2 Å². The number of thioether (sulfide) groups is 3. The summed E-state index contributed by atoms with van der Waals surface area (Å²) in [6, 6.07) is 41.7. The number of carbonyl (C=O) groups is 1. The molecule has 0 aliphatic carbocycles. The predicted molar refractivity (Wildman–Crippen MR) is 423 cm³/mol. The fraction of sp³-hybridized carbons (Fsp3) is 0.278. The van der Waals surface area contributed by atoms with E-state index >= 15 is 0 Å². The van der Waals surface area contributed by atoms with E-state index in [2.05, 4.69) is 47.9 Å². The average molecular weight is 1720 g/mol. The zero-order valence-electron chi connectivity index (χ0n) is 62.4. The fourth-order valence-electron chi connectivity index (χ4n) is 9.45. The molecule has 0 N–H and O–H groups in total. The van der Waals surface area contributed by atoms with Gasteiger partial charge in [0.1, 0.15) is 83.7 Å². The van der Waals surface area contributed by atoms with Gasteiger partial charge in [-0.3, -0.25) is 0 Å². The zero-order chi connectivity index (χ0) is 83.9. The minimum atomic E-state index is -5.77. The van der Waals surface area contributed by atoms with E-state index in [4.69, 9.17) is 42.6 Å². The van der Waals surface area contributed by atoms with E-state index in [1.807, 2.05) is 116 Å². The lowest BCUT2D eigenvalue weighted by Gasteiger charge is -2.18. The smallest absolute Gasteiger partial charge is 0.339 e. The van der Waals surface area contributed by atoms with Crippen molar-refractivity contribution in [1.29, 1.82) is 0 Å². The average Bonchev–Trinajstić information content (AvgIpc) is 0.771. The number of benzene rings is 8. The lowest BCUT2D eigenvalue weighted by Crippen LogP contribution is -2.15. The van der Waals surface area contributed by atoms with Crippen molar-refractivity contribution in [1.82, 2.24) is 0 Å². The molecule has 0 aromatic heterocycles. The number of halogens is 4. The molecule has 0 unspecified atom stereocenters. The lowest BCUT2D eigenvalue weighted by molar-refractivity contribution is -0.0769. The van der Waals surface area contributed by atoms with E-state index in [-0.39, 0.29) is 67.9 Å². The second-order valence-electron chi connectivity index (χ2n) is 23.4. The van der Waals surface area contributed by atoms with Gasteiger partial charge in [0.25, 0.3) is 0 Å². The standard InChI is InChI=1S/C23H30O4S4.C20H20F4O7S.C18H18O7S.C18H20O6S/c1-5-20-6-8-21(9-7-20)15-27-16-29-11-10-28-12-13-30-22-14-17(2)23(31(24,25)26)19(4)18(22)3;1-2-13-3-5-14(6-4-13)11-30-12-29-8-7-28-9-10-31-19-15(21)17(23)20(32(25,26)27)18(24)16(19)22;1-3-13-4-6-14(7-5-13)11-24-12-25-15-8-9-17(26(20,21)22)16(10-15)18(19)23-2;1-2-15-3-5-16(6-4-15)13-23-14-22-11-12-24-17-7-9-18(10-8-17)25(19,20)21/h5-9,14H,1,10-13,15-16H2,2-4H3,(H,24,25,26);2-6H,1,7-12H2,(H,25,26,27);3-10H,1,11-12H2,2H3,(H,20,21,22);2-10H,1,11-14H2,(H,19,20,21)/p-4. The Labute approximate surface area is 674 Å². The molecule has 0 heterocycles. The summed E-state index contributed by atoms with van der Waals surface area (Å²) in [5.41, 5.74) is 9.81. The van der Waals surface area contributed by atoms with Crippen LogP contribution in [0.25, 0.3) is 24.3 Å².